The molecule has 0 bridgehead atoms. The Morgan fingerprint density at radius 3 is 2.17 bits per heavy atom. The maximum atomic E-state index is 11.8. The fourth-order valence-corrected chi connectivity index (χ4v) is 2.06. The first-order chi connectivity index (χ1) is 11.2. The number of nitrogens with one attached hydrogen (secondary N) is 1. The number of amides is 1. The molecule has 0 aliphatic carbocycles. The number of hydrogen-bond acceptors (Lipinski definition) is 4. The van der Waals surface area contributed by atoms with Gasteiger partial charge in [-0.25, -0.2) is 0 Å². The highest BCUT2D eigenvalue weighted by molar-refractivity contribution is 5.77. The van der Waals surface area contributed by atoms with Crippen LogP contribution in [0.2, 0.25) is 0 Å². The van der Waals surface area contributed by atoms with Gasteiger partial charge in [-0.05, 0) is 12.0 Å². The van der Waals surface area contributed by atoms with Gasteiger partial charge in [0, 0.05) is 24.7 Å². The molecular formula is C18H21NO4. The number of methoxy groups -OCH3 is 2. The van der Waals surface area contributed by atoms with Gasteiger partial charge in [-0.1, -0.05) is 30.3 Å². The number of carbonyl (C=O) groups excluding carboxylic acids is 1. The fourth-order valence-electron chi connectivity index (χ4n) is 2.06. The quantitative estimate of drug-likeness (QED) is 0.813. The van der Waals surface area contributed by atoms with Gasteiger partial charge < -0.3 is 19.5 Å². The molecule has 1 N–H and O–H groups in total. The van der Waals surface area contributed by atoms with E-state index in [1.165, 1.54) is 5.56 Å². The van der Waals surface area contributed by atoms with Crippen molar-refractivity contribution in [2.45, 2.75) is 6.42 Å². The van der Waals surface area contributed by atoms with Gasteiger partial charge in [-0.2, -0.15) is 0 Å². The molecule has 0 unspecified atom stereocenters. The minimum Gasteiger partial charge on any atom is -0.496 e. The van der Waals surface area contributed by atoms with E-state index in [0.29, 0.717) is 23.8 Å². The molecule has 0 atom stereocenters. The summed E-state index contributed by atoms with van der Waals surface area (Å²) < 4.78 is 15.8. The third-order valence-electron chi connectivity index (χ3n) is 3.27. The number of ether oxygens (including phenoxy) is 3. The normalized spacial score (nSPS) is 10.0. The van der Waals surface area contributed by atoms with Gasteiger partial charge in [-0.3, -0.25) is 4.79 Å². The first-order valence-corrected chi connectivity index (χ1v) is 7.38. The SMILES string of the molecule is COc1cc(OC)cc(OCC(=O)NCCc2ccccc2)c1. The van der Waals surface area contributed by atoms with E-state index in [-0.39, 0.29) is 12.5 Å². The molecule has 1 amide bonds. The Kier molecular flexibility index (Phi) is 6.29. The summed E-state index contributed by atoms with van der Waals surface area (Å²) in [5.74, 6) is 1.59. The summed E-state index contributed by atoms with van der Waals surface area (Å²) in [6.45, 7) is 0.527. The smallest absolute Gasteiger partial charge is 0.257 e. The highest BCUT2D eigenvalue weighted by Gasteiger charge is 2.06. The molecule has 0 aliphatic heterocycles. The Morgan fingerprint density at radius 2 is 1.57 bits per heavy atom. The minimum absolute atomic E-state index is 0.0505. The molecule has 0 aromatic heterocycles. The molecule has 5 heteroatoms. The van der Waals surface area contributed by atoms with Crippen LogP contribution in [0, 0.1) is 0 Å². The third kappa shape index (κ3) is 5.54. The molecule has 0 spiro atoms. The minimum atomic E-state index is -0.164. The van der Waals surface area contributed by atoms with Crippen molar-refractivity contribution in [3.05, 3.63) is 54.1 Å². The van der Waals surface area contributed by atoms with E-state index in [4.69, 9.17) is 14.2 Å². The second-order valence-corrected chi connectivity index (χ2v) is 4.92. The Morgan fingerprint density at radius 1 is 0.957 bits per heavy atom. The molecule has 2 rings (SSSR count). The molecule has 2 aromatic carbocycles. The zero-order chi connectivity index (χ0) is 16.5. The molecule has 0 aliphatic rings. The Bertz CT molecular complexity index is 606. The first-order valence-electron chi connectivity index (χ1n) is 7.38. The lowest BCUT2D eigenvalue weighted by Gasteiger charge is -2.10. The number of carbonyl (C=O) groups is 1. The van der Waals surface area contributed by atoms with Crippen molar-refractivity contribution in [3.8, 4) is 17.2 Å². The van der Waals surface area contributed by atoms with Gasteiger partial charge >= 0.3 is 0 Å². The molecular weight excluding hydrogens is 294 g/mol. The van der Waals surface area contributed by atoms with Gasteiger partial charge in [0.1, 0.15) is 17.2 Å². The molecule has 5 nitrogen and oxygen atoms in total. The highest BCUT2D eigenvalue weighted by Crippen LogP contribution is 2.27. The maximum absolute atomic E-state index is 11.8. The van der Waals surface area contributed by atoms with Gasteiger partial charge in [0.05, 0.1) is 14.2 Å². The van der Waals surface area contributed by atoms with Crippen molar-refractivity contribution < 1.29 is 19.0 Å². The van der Waals surface area contributed by atoms with Gasteiger partial charge in [0.25, 0.3) is 5.91 Å². The van der Waals surface area contributed by atoms with E-state index < -0.39 is 0 Å². The highest BCUT2D eigenvalue weighted by atomic mass is 16.5. The number of hydrogen-bond donors (Lipinski definition) is 1. The van der Waals surface area contributed by atoms with Gasteiger partial charge in [-0.15, -0.1) is 0 Å². The maximum Gasteiger partial charge on any atom is 0.257 e. The Labute approximate surface area is 136 Å². The Balaban J connectivity index is 1.78. The summed E-state index contributed by atoms with van der Waals surface area (Å²) in [5, 5.41) is 2.83. The zero-order valence-corrected chi connectivity index (χ0v) is 13.4. The molecule has 0 radical (unpaired) electrons. The van der Waals surface area contributed by atoms with E-state index in [9.17, 15) is 4.79 Å². The van der Waals surface area contributed by atoms with Crippen LogP contribution < -0.4 is 19.5 Å². The van der Waals surface area contributed by atoms with Crippen LogP contribution in [-0.2, 0) is 11.2 Å². The van der Waals surface area contributed by atoms with E-state index in [0.717, 1.165) is 6.42 Å². The summed E-state index contributed by atoms with van der Waals surface area (Å²) in [6, 6.07) is 15.2. The van der Waals surface area contributed by atoms with Crippen molar-refractivity contribution in [2.75, 3.05) is 27.4 Å². The summed E-state index contributed by atoms with van der Waals surface area (Å²) >= 11 is 0. The summed E-state index contributed by atoms with van der Waals surface area (Å²) in [7, 11) is 3.13. The molecule has 0 saturated heterocycles. The predicted molar refractivity (Wildman–Crippen MR) is 88.2 cm³/mol. The number of rotatable bonds is 8. The summed E-state index contributed by atoms with van der Waals surface area (Å²) in [4.78, 5) is 11.8. The molecule has 0 heterocycles. The molecule has 0 saturated carbocycles. The number of benzene rings is 2. The van der Waals surface area contributed by atoms with Crippen LogP contribution in [-0.4, -0.2) is 33.3 Å². The molecule has 0 fully saturated rings. The van der Waals surface area contributed by atoms with Crippen molar-refractivity contribution in [2.24, 2.45) is 0 Å². The van der Waals surface area contributed by atoms with Gasteiger partial charge in [0.15, 0.2) is 6.61 Å². The summed E-state index contributed by atoms with van der Waals surface area (Å²) in [6.07, 6.45) is 0.791. The molecule has 122 valence electrons. The van der Waals surface area contributed by atoms with Crippen molar-refractivity contribution in [1.29, 1.82) is 0 Å². The van der Waals surface area contributed by atoms with E-state index in [1.807, 2.05) is 30.3 Å². The molecule has 23 heavy (non-hydrogen) atoms. The fraction of sp³-hybridized carbons (Fsp3) is 0.278. The lowest BCUT2D eigenvalue weighted by atomic mass is 10.1. The van der Waals surface area contributed by atoms with Crippen LogP contribution in [0.5, 0.6) is 17.2 Å². The topological polar surface area (TPSA) is 56.8 Å². The van der Waals surface area contributed by atoms with E-state index in [1.54, 1.807) is 32.4 Å². The predicted octanol–water partition coefficient (Wildman–Crippen LogP) is 2.44. The Hall–Kier alpha value is -2.69. The van der Waals surface area contributed by atoms with Gasteiger partial charge in [0.2, 0.25) is 0 Å². The largest absolute Gasteiger partial charge is 0.496 e. The van der Waals surface area contributed by atoms with Crippen LogP contribution in [0.1, 0.15) is 5.56 Å². The lowest BCUT2D eigenvalue weighted by molar-refractivity contribution is -0.123. The first kappa shape index (κ1) is 16.7. The summed E-state index contributed by atoms with van der Waals surface area (Å²) in [5.41, 5.74) is 1.19. The van der Waals surface area contributed by atoms with Crippen molar-refractivity contribution in [3.63, 3.8) is 0 Å². The molecule has 2 aromatic rings. The second-order valence-electron chi connectivity index (χ2n) is 4.92. The standard InChI is InChI=1S/C18H21NO4/c1-21-15-10-16(22-2)12-17(11-15)23-13-18(20)19-9-8-14-6-4-3-5-7-14/h3-7,10-12H,8-9,13H2,1-2H3,(H,19,20). The monoisotopic (exact) mass is 315 g/mol. The van der Waals surface area contributed by atoms with E-state index >= 15 is 0 Å². The van der Waals surface area contributed by atoms with E-state index in [2.05, 4.69) is 5.32 Å². The van der Waals surface area contributed by atoms with Crippen LogP contribution >= 0.6 is 0 Å². The average molecular weight is 315 g/mol. The van der Waals surface area contributed by atoms with Crippen LogP contribution in [0.4, 0.5) is 0 Å². The lowest BCUT2D eigenvalue weighted by Crippen LogP contribution is -2.30. The van der Waals surface area contributed by atoms with Crippen molar-refractivity contribution in [1.82, 2.24) is 5.32 Å². The van der Waals surface area contributed by atoms with Crippen LogP contribution in [0.3, 0.4) is 0 Å². The van der Waals surface area contributed by atoms with Crippen LogP contribution in [0.15, 0.2) is 48.5 Å². The second kappa shape index (κ2) is 8.68. The van der Waals surface area contributed by atoms with Crippen molar-refractivity contribution >= 4 is 5.91 Å². The third-order valence-corrected chi connectivity index (χ3v) is 3.27. The van der Waals surface area contributed by atoms with Crippen LogP contribution in [0.25, 0.3) is 0 Å². The zero-order valence-electron chi connectivity index (χ0n) is 13.4. The average Bonchev–Trinajstić information content (AvgIpc) is 2.60.